The Hall–Kier alpha value is -2.96. The first-order valence-corrected chi connectivity index (χ1v) is 8.02. The largest absolute Gasteiger partial charge is 0.471 e. The number of nitrogens with zero attached hydrogens (tertiary/aromatic N) is 3. The zero-order chi connectivity index (χ0) is 17.8. The van der Waals surface area contributed by atoms with E-state index in [4.69, 9.17) is 9.47 Å². The van der Waals surface area contributed by atoms with Gasteiger partial charge in [0, 0.05) is 19.0 Å². The number of carbonyl (C=O) groups excluding carboxylic acids is 2. The second kappa shape index (κ2) is 7.29. The molecule has 1 saturated heterocycles. The van der Waals surface area contributed by atoms with Crippen LogP contribution in [0.5, 0.6) is 5.88 Å². The number of methoxy groups -OCH3 is 1. The maximum Gasteiger partial charge on any atom is 0.338 e. The summed E-state index contributed by atoms with van der Waals surface area (Å²) in [7, 11) is 1.30. The predicted molar refractivity (Wildman–Crippen MR) is 89.5 cm³/mol. The summed E-state index contributed by atoms with van der Waals surface area (Å²) in [4.78, 5) is 26.3. The third-order valence-corrected chi connectivity index (χ3v) is 4.06. The third kappa shape index (κ3) is 3.76. The molecule has 130 valence electrons. The summed E-state index contributed by atoms with van der Waals surface area (Å²) in [5.74, 6) is -0.284. The van der Waals surface area contributed by atoms with Crippen molar-refractivity contribution in [3.63, 3.8) is 0 Å². The molecule has 0 N–H and O–H groups in total. The lowest BCUT2D eigenvalue weighted by atomic mass is 10.1. The van der Waals surface area contributed by atoms with Crippen molar-refractivity contribution in [1.29, 1.82) is 0 Å². The van der Waals surface area contributed by atoms with Gasteiger partial charge in [0.2, 0.25) is 5.88 Å². The number of likely N-dealkylation sites (tertiary alicyclic amines) is 1. The molecule has 0 radical (unpaired) electrons. The van der Waals surface area contributed by atoms with Gasteiger partial charge in [-0.2, -0.15) is 5.10 Å². The first-order chi connectivity index (χ1) is 12.1. The smallest absolute Gasteiger partial charge is 0.338 e. The molecule has 1 aromatic heterocycles. The maximum atomic E-state index is 12.8. The number of amides is 1. The fourth-order valence-corrected chi connectivity index (χ4v) is 2.76. The number of carbonyl (C=O) groups is 2. The molecule has 2 heterocycles. The van der Waals surface area contributed by atoms with Crippen LogP contribution in [-0.4, -0.2) is 53.3 Å². The van der Waals surface area contributed by atoms with Crippen molar-refractivity contribution < 1.29 is 19.1 Å². The second-order valence-corrected chi connectivity index (χ2v) is 5.83. The van der Waals surface area contributed by atoms with Gasteiger partial charge in [-0.05, 0) is 25.1 Å². The van der Waals surface area contributed by atoms with Gasteiger partial charge in [0.15, 0.2) is 0 Å². The molecule has 0 bridgehead atoms. The average Bonchev–Trinajstić information content (AvgIpc) is 3.11. The molecule has 3 rings (SSSR count). The standard InChI is InChI=1S/C18H19N3O4/c1-12-7-8-16(20-19-12)25-13-9-10-21(11-13)17(22)14-5-3-4-6-15(14)18(23)24-2/h3-8,13H,9-11H2,1-2H3. The van der Waals surface area contributed by atoms with Gasteiger partial charge in [-0.15, -0.1) is 5.10 Å². The molecule has 0 aliphatic carbocycles. The van der Waals surface area contributed by atoms with Crippen LogP contribution in [0.1, 0.15) is 32.8 Å². The number of aryl methyl sites for hydroxylation is 1. The molecule has 0 spiro atoms. The molecule has 1 unspecified atom stereocenters. The van der Waals surface area contributed by atoms with Gasteiger partial charge in [-0.25, -0.2) is 4.79 Å². The summed E-state index contributed by atoms with van der Waals surface area (Å²) in [5, 5.41) is 7.94. The number of esters is 1. The normalized spacial score (nSPS) is 16.6. The van der Waals surface area contributed by atoms with Gasteiger partial charge in [-0.1, -0.05) is 12.1 Å². The van der Waals surface area contributed by atoms with Gasteiger partial charge in [0.25, 0.3) is 5.91 Å². The topological polar surface area (TPSA) is 81.6 Å². The molecule has 25 heavy (non-hydrogen) atoms. The number of hydrogen-bond acceptors (Lipinski definition) is 6. The quantitative estimate of drug-likeness (QED) is 0.790. The Balaban J connectivity index is 1.69. The molecule has 0 saturated carbocycles. The van der Waals surface area contributed by atoms with Crippen molar-refractivity contribution in [3.05, 3.63) is 53.2 Å². The molecule has 1 amide bonds. The minimum absolute atomic E-state index is 0.147. The van der Waals surface area contributed by atoms with Crippen LogP contribution >= 0.6 is 0 Å². The Labute approximate surface area is 145 Å². The number of ether oxygens (including phenoxy) is 2. The molecule has 1 aromatic carbocycles. The van der Waals surface area contributed by atoms with Crippen molar-refractivity contribution in [2.45, 2.75) is 19.4 Å². The number of rotatable bonds is 4. The molecule has 7 nitrogen and oxygen atoms in total. The Bertz CT molecular complexity index is 776. The van der Waals surface area contributed by atoms with Gasteiger partial charge < -0.3 is 14.4 Å². The molecule has 1 aliphatic rings. The lowest BCUT2D eigenvalue weighted by Crippen LogP contribution is -2.32. The van der Waals surface area contributed by atoms with E-state index in [1.807, 2.05) is 13.0 Å². The molecular weight excluding hydrogens is 322 g/mol. The van der Waals surface area contributed by atoms with E-state index in [0.29, 0.717) is 31.0 Å². The van der Waals surface area contributed by atoms with E-state index in [1.54, 1.807) is 35.2 Å². The van der Waals surface area contributed by atoms with Crippen LogP contribution in [-0.2, 0) is 4.74 Å². The SMILES string of the molecule is COC(=O)c1ccccc1C(=O)N1CCC(Oc2ccc(C)nn2)C1. The van der Waals surface area contributed by atoms with Crippen LogP contribution in [0, 0.1) is 6.92 Å². The van der Waals surface area contributed by atoms with Crippen molar-refractivity contribution >= 4 is 11.9 Å². The minimum Gasteiger partial charge on any atom is -0.471 e. The van der Waals surface area contributed by atoms with Crippen LogP contribution < -0.4 is 4.74 Å². The Morgan fingerprint density at radius 2 is 1.88 bits per heavy atom. The summed E-state index contributed by atoms with van der Waals surface area (Å²) in [6, 6.07) is 10.2. The zero-order valence-corrected chi connectivity index (χ0v) is 14.1. The van der Waals surface area contributed by atoms with E-state index in [1.165, 1.54) is 7.11 Å². The van der Waals surface area contributed by atoms with Crippen molar-refractivity contribution in [2.24, 2.45) is 0 Å². The van der Waals surface area contributed by atoms with Gasteiger partial charge in [0.1, 0.15) is 6.10 Å². The van der Waals surface area contributed by atoms with E-state index in [9.17, 15) is 9.59 Å². The maximum absolute atomic E-state index is 12.8. The average molecular weight is 341 g/mol. The molecule has 2 aromatic rings. The highest BCUT2D eigenvalue weighted by molar-refractivity contribution is 6.05. The van der Waals surface area contributed by atoms with Gasteiger partial charge in [-0.3, -0.25) is 4.79 Å². The summed E-state index contributed by atoms with van der Waals surface area (Å²) < 4.78 is 10.5. The molecular formula is C18H19N3O4. The summed E-state index contributed by atoms with van der Waals surface area (Å²) in [6.45, 7) is 2.84. The van der Waals surface area contributed by atoms with Gasteiger partial charge >= 0.3 is 5.97 Å². The third-order valence-electron chi connectivity index (χ3n) is 4.06. The molecule has 1 aliphatic heterocycles. The summed E-state index contributed by atoms with van der Waals surface area (Å²) in [6.07, 6.45) is 0.549. The van der Waals surface area contributed by atoms with E-state index in [2.05, 4.69) is 10.2 Å². The Kier molecular flexibility index (Phi) is 4.92. The van der Waals surface area contributed by atoms with Crippen LogP contribution in [0.25, 0.3) is 0 Å². The van der Waals surface area contributed by atoms with Crippen LogP contribution in [0.2, 0.25) is 0 Å². The van der Waals surface area contributed by atoms with Crippen LogP contribution in [0.3, 0.4) is 0 Å². The van der Waals surface area contributed by atoms with E-state index >= 15 is 0 Å². The van der Waals surface area contributed by atoms with E-state index in [0.717, 1.165) is 5.69 Å². The van der Waals surface area contributed by atoms with Crippen molar-refractivity contribution in [3.8, 4) is 5.88 Å². The first kappa shape index (κ1) is 16.9. The summed E-state index contributed by atoms with van der Waals surface area (Å²) in [5.41, 5.74) is 1.42. The number of hydrogen-bond donors (Lipinski definition) is 0. The van der Waals surface area contributed by atoms with Crippen LogP contribution in [0.15, 0.2) is 36.4 Å². The fourth-order valence-electron chi connectivity index (χ4n) is 2.76. The van der Waals surface area contributed by atoms with Crippen LogP contribution in [0.4, 0.5) is 0 Å². The Morgan fingerprint density at radius 3 is 2.56 bits per heavy atom. The molecule has 7 heteroatoms. The van der Waals surface area contributed by atoms with Crippen molar-refractivity contribution in [1.82, 2.24) is 15.1 Å². The van der Waals surface area contributed by atoms with Crippen molar-refractivity contribution in [2.75, 3.05) is 20.2 Å². The first-order valence-electron chi connectivity index (χ1n) is 8.02. The highest BCUT2D eigenvalue weighted by Crippen LogP contribution is 2.20. The minimum atomic E-state index is -0.522. The molecule has 1 fully saturated rings. The summed E-state index contributed by atoms with van der Waals surface area (Å²) >= 11 is 0. The highest BCUT2D eigenvalue weighted by Gasteiger charge is 2.30. The fraction of sp³-hybridized carbons (Fsp3) is 0.333. The van der Waals surface area contributed by atoms with Gasteiger partial charge in [0.05, 0.1) is 30.5 Å². The van der Waals surface area contributed by atoms with E-state index in [-0.39, 0.29) is 17.6 Å². The number of benzene rings is 1. The second-order valence-electron chi connectivity index (χ2n) is 5.83. The lowest BCUT2D eigenvalue weighted by molar-refractivity contribution is 0.0591. The highest BCUT2D eigenvalue weighted by atomic mass is 16.5. The zero-order valence-electron chi connectivity index (χ0n) is 14.1. The van der Waals surface area contributed by atoms with E-state index < -0.39 is 5.97 Å². The predicted octanol–water partition coefficient (Wildman–Crippen LogP) is 1.87. The molecule has 1 atom stereocenters. The monoisotopic (exact) mass is 341 g/mol. The lowest BCUT2D eigenvalue weighted by Gasteiger charge is -2.18. The number of aromatic nitrogens is 2. The Morgan fingerprint density at radius 1 is 1.12 bits per heavy atom.